The molecule has 29 heavy (non-hydrogen) atoms. The Hall–Kier alpha value is -2.42. The molecular formula is C20H21ClN4O3S. The van der Waals surface area contributed by atoms with Gasteiger partial charge in [-0.25, -0.2) is 13.4 Å². The molecule has 0 unspecified atom stereocenters. The molecule has 0 saturated carbocycles. The summed E-state index contributed by atoms with van der Waals surface area (Å²) in [7, 11) is -3.77. The van der Waals surface area contributed by atoms with E-state index in [1.54, 1.807) is 0 Å². The van der Waals surface area contributed by atoms with Crippen LogP contribution in [-0.2, 0) is 10.0 Å². The number of rotatable bonds is 4. The van der Waals surface area contributed by atoms with Gasteiger partial charge < -0.3 is 4.98 Å². The van der Waals surface area contributed by atoms with Gasteiger partial charge in [-0.15, -0.1) is 0 Å². The molecule has 1 aliphatic rings. The number of benzene rings is 2. The number of H-pyrrole nitrogens is 1. The number of aromatic nitrogens is 2. The van der Waals surface area contributed by atoms with Crippen molar-refractivity contribution in [1.29, 1.82) is 0 Å². The highest BCUT2D eigenvalue weighted by atomic mass is 35.5. The number of hydrogen-bond donors (Lipinski definition) is 2. The topological polar surface area (TPSA) is 95.2 Å². The molecule has 0 aliphatic carbocycles. The van der Waals surface area contributed by atoms with Crippen molar-refractivity contribution in [3.8, 4) is 0 Å². The molecule has 7 nitrogen and oxygen atoms in total. The van der Waals surface area contributed by atoms with Gasteiger partial charge in [-0.3, -0.25) is 10.1 Å². The SMILES string of the molecule is O=C(Nc1nc2ccccc2[nH]1)c1ccc(Cl)c(S(=O)(=O)N2CCCCCC2)c1. The second-order valence-electron chi connectivity index (χ2n) is 7.02. The van der Waals surface area contributed by atoms with E-state index in [1.165, 1.54) is 22.5 Å². The number of aromatic amines is 1. The molecule has 1 amide bonds. The van der Waals surface area contributed by atoms with Gasteiger partial charge in [0.05, 0.1) is 16.1 Å². The minimum Gasteiger partial charge on any atom is -0.324 e. The third-order valence-electron chi connectivity index (χ3n) is 5.00. The number of carbonyl (C=O) groups excluding carboxylic acids is 1. The van der Waals surface area contributed by atoms with Gasteiger partial charge in [0.15, 0.2) is 0 Å². The van der Waals surface area contributed by atoms with Gasteiger partial charge in [-0.05, 0) is 43.2 Å². The Bertz CT molecular complexity index is 1120. The van der Waals surface area contributed by atoms with Crippen LogP contribution in [0.15, 0.2) is 47.4 Å². The number of imidazole rings is 1. The van der Waals surface area contributed by atoms with Crippen molar-refractivity contribution >= 4 is 44.5 Å². The summed E-state index contributed by atoms with van der Waals surface area (Å²) < 4.78 is 27.7. The fourth-order valence-electron chi connectivity index (χ4n) is 3.46. The second kappa shape index (κ2) is 8.14. The Morgan fingerprint density at radius 3 is 2.52 bits per heavy atom. The predicted octanol–water partition coefficient (Wildman–Crippen LogP) is 4.03. The largest absolute Gasteiger partial charge is 0.324 e. The quantitative estimate of drug-likeness (QED) is 0.650. The van der Waals surface area contributed by atoms with Crippen LogP contribution in [0.25, 0.3) is 11.0 Å². The summed E-state index contributed by atoms with van der Waals surface area (Å²) >= 11 is 6.20. The molecule has 152 valence electrons. The van der Waals surface area contributed by atoms with Crippen LogP contribution in [0.4, 0.5) is 5.95 Å². The number of sulfonamides is 1. The first-order valence-electron chi connectivity index (χ1n) is 9.51. The number of fused-ring (bicyclic) bond motifs is 1. The molecular weight excluding hydrogens is 412 g/mol. The minimum absolute atomic E-state index is 0.0432. The summed E-state index contributed by atoms with van der Waals surface area (Å²) in [5, 5.41) is 2.78. The van der Waals surface area contributed by atoms with Crippen LogP contribution < -0.4 is 5.32 Å². The first kappa shape index (κ1) is 19.9. The molecule has 0 atom stereocenters. The lowest BCUT2D eigenvalue weighted by Gasteiger charge is -2.21. The van der Waals surface area contributed by atoms with Crippen LogP contribution in [0.3, 0.4) is 0 Å². The number of nitrogens with one attached hydrogen (secondary N) is 2. The minimum atomic E-state index is -3.77. The molecule has 4 rings (SSSR count). The van der Waals surface area contributed by atoms with E-state index >= 15 is 0 Å². The predicted molar refractivity (Wildman–Crippen MR) is 113 cm³/mol. The summed E-state index contributed by atoms with van der Waals surface area (Å²) in [6, 6.07) is 11.7. The molecule has 1 saturated heterocycles. The zero-order valence-electron chi connectivity index (χ0n) is 15.7. The van der Waals surface area contributed by atoms with Gasteiger partial charge >= 0.3 is 0 Å². The summed E-state index contributed by atoms with van der Waals surface area (Å²) in [5.41, 5.74) is 1.72. The molecule has 0 radical (unpaired) electrons. The molecule has 3 aromatic rings. The number of nitrogens with zero attached hydrogens (tertiary/aromatic N) is 2. The van der Waals surface area contributed by atoms with E-state index in [0.29, 0.717) is 19.0 Å². The normalized spacial score (nSPS) is 15.9. The summed E-state index contributed by atoms with van der Waals surface area (Å²) in [6.45, 7) is 0.933. The highest BCUT2D eigenvalue weighted by Crippen LogP contribution is 2.28. The first-order chi connectivity index (χ1) is 13.9. The average molecular weight is 433 g/mol. The fourth-order valence-corrected chi connectivity index (χ4v) is 5.47. The van der Waals surface area contributed by atoms with Crippen LogP contribution in [0.2, 0.25) is 5.02 Å². The third kappa shape index (κ3) is 4.14. The number of halogens is 1. The van der Waals surface area contributed by atoms with E-state index in [-0.39, 0.29) is 15.5 Å². The molecule has 0 spiro atoms. The van der Waals surface area contributed by atoms with Crippen LogP contribution in [-0.4, -0.2) is 41.7 Å². The first-order valence-corrected chi connectivity index (χ1v) is 11.3. The summed E-state index contributed by atoms with van der Waals surface area (Å²) in [4.78, 5) is 20.0. The van der Waals surface area contributed by atoms with E-state index in [4.69, 9.17) is 11.6 Å². The molecule has 2 heterocycles. The lowest BCUT2D eigenvalue weighted by Crippen LogP contribution is -2.32. The Morgan fingerprint density at radius 2 is 1.79 bits per heavy atom. The van der Waals surface area contributed by atoms with Gasteiger partial charge in [0, 0.05) is 18.7 Å². The number of amides is 1. The molecule has 1 aromatic heterocycles. The fraction of sp³-hybridized carbons (Fsp3) is 0.300. The van der Waals surface area contributed by atoms with Gasteiger partial charge in [0.1, 0.15) is 4.90 Å². The summed E-state index contributed by atoms with van der Waals surface area (Å²) in [6.07, 6.45) is 3.67. The smallest absolute Gasteiger partial charge is 0.258 e. The van der Waals surface area contributed by atoms with E-state index in [2.05, 4.69) is 15.3 Å². The van der Waals surface area contributed by atoms with Crippen molar-refractivity contribution in [2.45, 2.75) is 30.6 Å². The molecule has 2 N–H and O–H groups in total. The molecule has 0 bridgehead atoms. The molecule has 9 heteroatoms. The average Bonchev–Trinajstić information content (AvgIpc) is 2.90. The van der Waals surface area contributed by atoms with E-state index in [9.17, 15) is 13.2 Å². The van der Waals surface area contributed by atoms with Gasteiger partial charge in [-0.2, -0.15) is 4.31 Å². The van der Waals surface area contributed by atoms with Crippen LogP contribution in [0.5, 0.6) is 0 Å². The highest BCUT2D eigenvalue weighted by Gasteiger charge is 2.28. The van der Waals surface area contributed by atoms with Gasteiger partial charge in [0.25, 0.3) is 5.91 Å². The molecule has 1 aliphatic heterocycles. The molecule has 2 aromatic carbocycles. The Kier molecular flexibility index (Phi) is 5.58. The van der Waals surface area contributed by atoms with Crippen molar-refractivity contribution < 1.29 is 13.2 Å². The van der Waals surface area contributed by atoms with Crippen molar-refractivity contribution in [1.82, 2.24) is 14.3 Å². The van der Waals surface area contributed by atoms with Crippen molar-refractivity contribution in [2.75, 3.05) is 18.4 Å². The van der Waals surface area contributed by atoms with Crippen molar-refractivity contribution in [3.63, 3.8) is 0 Å². The zero-order valence-corrected chi connectivity index (χ0v) is 17.3. The maximum Gasteiger partial charge on any atom is 0.258 e. The summed E-state index contributed by atoms with van der Waals surface area (Å²) in [5.74, 6) is -0.170. The van der Waals surface area contributed by atoms with E-state index in [0.717, 1.165) is 36.7 Å². The van der Waals surface area contributed by atoms with E-state index < -0.39 is 15.9 Å². The van der Waals surface area contributed by atoms with Crippen LogP contribution >= 0.6 is 11.6 Å². The third-order valence-corrected chi connectivity index (χ3v) is 7.38. The van der Waals surface area contributed by atoms with Crippen LogP contribution in [0, 0.1) is 0 Å². The lowest BCUT2D eigenvalue weighted by molar-refractivity contribution is 0.102. The van der Waals surface area contributed by atoms with Gasteiger partial charge in [-0.1, -0.05) is 36.6 Å². The van der Waals surface area contributed by atoms with Gasteiger partial charge in [0.2, 0.25) is 16.0 Å². The highest BCUT2D eigenvalue weighted by molar-refractivity contribution is 7.89. The number of hydrogen-bond acceptors (Lipinski definition) is 4. The van der Waals surface area contributed by atoms with E-state index in [1.807, 2.05) is 24.3 Å². The van der Waals surface area contributed by atoms with Crippen molar-refractivity contribution in [2.24, 2.45) is 0 Å². The Balaban J connectivity index is 1.60. The Morgan fingerprint density at radius 1 is 1.07 bits per heavy atom. The Labute approximate surface area is 174 Å². The standard InChI is InChI=1S/C20H21ClN4O3S/c21-15-10-9-14(13-18(15)29(27,28)25-11-5-1-2-6-12-25)19(26)24-20-22-16-7-3-4-8-17(16)23-20/h3-4,7-10,13H,1-2,5-6,11-12H2,(H2,22,23,24,26). The number of carbonyl (C=O) groups is 1. The van der Waals surface area contributed by atoms with Crippen molar-refractivity contribution in [3.05, 3.63) is 53.1 Å². The second-order valence-corrected chi connectivity index (χ2v) is 9.33. The number of para-hydroxylation sites is 2. The number of anilines is 1. The maximum atomic E-state index is 13.1. The maximum absolute atomic E-state index is 13.1. The zero-order chi connectivity index (χ0) is 20.4. The van der Waals surface area contributed by atoms with Crippen LogP contribution in [0.1, 0.15) is 36.0 Å². The lowest BCUT2D eigenvalue weighted by atomic mass is 10.2. The monoisotopic (exact) mass is 432 g/mol. The molecule has 1 fully saturated rings.